The molecule has 0 aromatic heterocycles. The van der Waals surface area contributed by atoms with E-state index < -0.39 is 35.6 Å². The number of aliphatic hydroxyl groups is 1. The molecule has 3 amide bonds. The summed E-state index contributed by atoms with van der Waals surface area (Å²) in [6.45, 7) is 6.26. The van der Waals surface area contributed by atoms with Crippen LogP contribution in [-0.4, -0.2) is 48.2 Å². The first kappa shape index (κ1) is 30.4. The molecule has 212 valence electrons. The molecule has 1 aliphatic heterocycles. The number of amides is 3. The van der Waals surface area contributed by atoms with Crippen LogP contribution in [0.15, 0.2) is 54.6 Å². The van der Waals surface area contributed by atoms with E-state index in [9.17, 15) is 19.5 Å². The van der Waals surface area contributed by atoms with Crippen LogP contribution in [0.25, 0.3) is 0 Å². The van der Waals surface area contributed by atoms with Crippen LogP contribution in [0.3, 0.4) is 0 Å². The molecule has 1 aliphatic rings. The van der Waals surface area contributed by atoms with Crippen LogP contribution in [-0.2, 0) is 19.7 Å². The third kappa shape index (κ3) is 8.44. The Morgan fingerprint density at radius 1 is 1.15 bits per heavy atom. The molecule has 4 atom stereocenters. The minimum atomic E-state index is -0.852. The highest BCUT2D eigenvalue weighted by Gasteiger charge is 2.37. The van der Waals surface area contributed by atoms with Crippen molar-refractivity contribution in [2.45, 2.75) is 76.5 Å². The zero-order valence-corrected chi connectivity index (χ0v) is 23.7. The lowest BCUT2D eigenvalue weighted by atomic mass is 9.76. The predicted octanol–water partition coefficient (Wildman–Crippen LogP) is 4.65. The molecule has 0 unspecified atom stereocenters. The molecule has 0 saturated carbocycles. The van der Waals surface area contributed by atoms with Gasteiger partial charge in [-0.3, -0.25) is 9.59 Å². The van der Waals surface area contributed by atoms with Crippen molar-refractivity contribution in [1.82, 2.24) is 16.0 Å². The van der Waals surface area contributed by atoms with Gasteiger partial charge in [0, 0.05) is 22.9 Å². The van der Waals surface area contributed by atoms with Gasteiger partial charge in [0.05, 0.1) is 12.6 Å². The van der Waals surface area contributed by atoms with Crippen LogP contribution < -0.4 is 16.0 Å². The molecule has 4 N–H and O–H groups in total. The summed E-state index contributed by atoms with van der Waals surface area (Å²) < 4.78 is 6.03. The third-order valence-corrected chi connectivity index (χ3v) is 7.54. The van der Waals surface area contributed by atoms with Crippen LogP contribution in [0, 0.1) is 5.92 Å². The van der Waals surface area contributed by atoms with Gasteiger partial charge in [0.25, 0.3) is 0 Å². The van der Waals surface area contributed by atoms with Gasteiger partial charge in [0.2, 0.25) is 11.8 Å². The number of aliphatic hydroxyl groups excluding tert-OH is 1. The summed E-state index contributed by atoms with van der Waals surface area (Å²) in [5.74, 6) is -0.737. The Kier molecular flexibility index (Phi) is 11.2. The summed E-state index contributed by atoms with van der Waals surface area (Å²) in [6.07, 6.45) is 1.57. The summed E-state index contributed by atoms with van der Waals surface area (Å²) in [4.78, 5) is 38.5. The second kappa shape index (κ2) is 14.3. The van der Waals surface area contributed by atoms with E-state index in [0.717, 1.165) is 17.5 Å². The second-order valence-electron chi connectivity index (χ2n) is 10.7. The molecule has 39 heavy (non-hydrogen) atoms. The van der Waals surface area contributed by atoms with Gasteiger partial charge < -0.3 is 25.8 Å². The molecule has 0 aliphatic carbocycles. The Balaban J connectivity index is 1.75. The largest absolute Gasteiger partial charge is 0.440 e. The molecular weight excluding hydrogens is 518 g/mol. The van der Waals surface area contributed by atoms with Crippen LogP contribution in [0.4, 0.5) is 4.79 Å². The molecular formula is C30H40ClN3O5. The molecule has 9 heteroatoms. The number of carbonyl (C=O) groups is 3. The maximum atomic E-state index is 13.3. The quantitative estimate of drug-likeness (QED) is 0.286. The predicted molar refractivity (Wildman–Crippen MR) is 151 cm³/mol. The van der Waals surface area contributed by atoms with E-state index in [1.54, 1.807) is 6.07 Å². The maximum absolute atomic E-state index is 13.3. The number of hydrogen-bond acceptors (Lipinski definition) is 5. The van der Waals surface area contributed by atoms with Gasteiger partial charge in [-0.25, -0.2) is 4.79 Å². The third-order valence-electron chi connectivity index (χ3n) is 7.30. The molecule has 2 aromatic carbocycles. The van der Waals surface area contributed by atoms with E-state index >= 15 is 0 Å². The fraction of sp³-hybridized carbons (Fsp3) is 0.500. The lowest BCUT2D eigenvalue weighted by Gasteiger charge is -2.35. The molecule has 1 saturated heterocycles. The van der Waals surface area contributed by atoms with Crippen LogP contribution in [0.2, 0.25) is 5.02 Å². The summed E-state index contributed by atoms with van der Waals surface area (Å²) >= 11 is 6.27. The van der Waals surface area contributed by atoms with Crippen molar-refractivity contribution < 1.29 is 24.2 Å². The van der Waals surface area contributed by atoms with Crippen molar-refractivity contribution in [3.8, 4) is 0 Å². The first-order valence-electron chi connectivity index (χ1n) is 13.6. The van der Waals surface area contributed by atoms with Crippen LogP contribution in [0.5, 0.6) is 0 Å². The Morgan fingerprint density at radius 3 is 2.51 bits per heavy atom. The van der Waals surface area contributed by atoms with Crippen LogP contribution in [0.1, 0.15) is 70.1 Å². The van der Waals surface area contributed by atoms with Crippen molar-refractivity contribution in [1.29, 1.82) is 0 Å². The van der Waals surface area contributed by atoms with Crippen molar-refractivity contribution in [2.24, 2.45) is 5.92 Å². The number of ether oxygens (including phenoxy) is 1. The van der Waals surface area contributed by atoms with E-state index in [1.165, 1.54) is 0 Å². The van der Waals surface area contributed by atoms with Crippen molar-refractivity contribution in [2.75, 3.05) is 13.2 Å². The van der Waals surface area contributed by atoms with Gasteiger partial charge in [-0.1, -0.05) is 87.7 Å². The van der Waals surface area contributed by atoms with Gasteiger partial charge in [-0.15, -0.1) is 0 Å². The highest BCUT2D eigenvalue weighted by molar-refractivity contribution is 6.30. The Bertz CT molecular complexity index is 1110. The number of alkyl carbamates (subject to hydrolysis) is 1. The maximum Gasteiger partial charge on any atom is 0.408 e. The fourth-order valence-electron chi connectivity index (χ4n) is 4.96. The number of halogens is 1. The highest BCUT2D eigenvalue weighted by atomic mass is 35.5. The standard InChI is InChI=1S/C30H40ClN3O5/c1-4-5-14-25(28(37)33-24(19-35)17-21-15-16-32-27(21)36)34-29(38)39-26(20-10-7-6-8-11-20)30(2,3)22-12-9-13-23(31)18-22/h6-13,18,21,24-26,35H,4-5,14-17,19H2,1-3H3,(H,32,36)(H,33,37)(H,34,38)/t21-,24-,25-,26-/m0/s1. The first-order valence-corrected chi connectivity index (χ1v) is 14.0. The fourth-order valence-corrected chi connectivity index (χ4v) is 5.15. The van der Waals surface area contributed by atoms with Crippen molar-refractivity contribution >= 4 is 29.5 Å². The lowest BCUT2D eigenvalue weighted by molar-refractivity contribution is -0.126. The van der Waals surface area contributed by atoms with E-state index in [4.69, 9.17) is 16.3 Å². The summed E-state index contributed by atoms with van der Waals surface area (Å²) in [7, 11) is 0. The molecule has 1 fully saturated rings. The highest BCUT2D eigenvalue weighted by Crippen LogP contribution is 2.40. The normalized spacial score (nSPS) is 17.6. The van der Waals surface area contributed by atoms with E-state index in [0.29, 0.717) is 37.3 Å². The summed E-state index contributed by atoms with van der Waals surface area (Å²) in [5.41, 5.74) is 1.07. The van der Waals surface area contributed by atoms with Gasteiger partial charge in [-0.05, 0) is 42.5 Å². The molecule has 0 bridgehead atoms. The van der Waals surface area contributed by atoms with Crippen LogP contribution >= 0.6 is 11.6 Å². The summed E-state index contributed by atoms with van der Waals surface area (Å²) in [6, 6.07) is 15.5. The minimum Gasteiger partial charge on any atom is -0.440 e. The average molecular weight is 558 g/mol. The molecule has 1 heterocycles. The van der Waals surface area contributed by atoms with E-state index in [1.807, 2.05) is 69.3 Å². The number of benzene rings is 2. The number of nitrogens with one attached hydrogen (secondary N) is 3. The van der Waals surface area contributed by atoms with Gasteiger partial charge in [-0.2, -0.15) is 0 Å². The van der Waals surface area contributed by atoms with Gasteiger partial charge in [0.1, 0.15) is 12.1 Å². The Morgan fingerprint density at radius 2 is 1.90 bits per heavy atom. The van der Waals surface area contributed by atoms with Crippen molar-refractivity contribution in [3.05, 3.63) is 70.7 Å². The molecule has 0 radical (unpaired) electrons. The molecule has 8 nitrogen and oxygen atoms in total. The second-order valence-corrected chi connectivity index (χ2v) is 11.1. The minimum absolute atomic E-state index is 0.0683. The molecule has 0 spiro atoms. The lowest BCUT2D eigenvalue weighted by Crippen LogP contribution is -2.51. The Hall–Kier alpha value is -3.10. The zero-order valence-electron chi connectivity index (χ0n) is 22.9. The monoisotopic (exact) mass is 557 g/mol. The summed E-state index contributed by atoms with van der Waals surface area (Å²) in [5, 5.41) is 18.8. The Labute approximate surface area is 235 Å². The number of rotatable bonds is 13. The molecule has 2 aromatic rings. The molecule has 3 rings (SSSR count). The number of unbranched alkanes of at least 4 members (excludes halogenated alkanes) is 1. The van der Waals surface area contributed by atoms with Gasteiger partial charge >= 0.3 is 6.09 Å². The zero-order chi connectivity index (χ0) is 28.4. The number of carbonyl (C=O) groups excluding carboxylic acids is 3. The first-order chi connectivity index (χ1) is 18.6. The average Bonchev–Trinajstić information content (AvgIpc) is 3.33. The van der Waals surface area contributed by atoms with Crippen molar-refractivity contribution in [3.63, 3.8) is 0 Å². The van der Waals surface area contributed by atoms with E-state index in [-0.39, 0.29) is 18.4 Å². The SMILES string of the molecule is CCCC[C@H](NC(=O)O[C@@H](c1ccccc1)C(C)(C)c1cccc(Cl)c1)C(=O)N[C@H](CO)C[C@@H]1CCNC1=O. The van der Waals surface area contributed by atoms with E-state index in [2.05, 4.69) is 16.0 Å². The topological polar surface area (TPSA) is 117 Å². The number of hydrogen-bond donors (Lipinski definition) is 4. The van der Waals surface area contributed by atoms with Gasteiger partial charge in [0.15, 0.2) is 0 Å². The smallest absolute Gasteiger partial charge is 0.408 e.